The van der Waals surface area contributed by atoms with Gasteiger partial charge in [-0.2, -0.15) is 22.8 Å². The molecular formula is C8H7F3N4O2S. The summed E-state index contributed by atoms with van der Waals surface area (Å²) in [5.74, 6) is -2.12. The molecule has 2 heterocycles. The molecule has 2 aromatic rings. The molecule has 1 N–H and O–H groups in total. The fraction of sp³-hybridized carbons (Fsp3) is 0.500. The van der Waals surface area contributed by atoms with Gasteiger partial charge in [-0.3, -0.25) is 4.79 Å². The van der Waals surface area contributed by atoms with Crippen LogP contribution in [-0.4, -0.2) is 30.9 Å². The zero-order valence-electron chi connectivity index (χ0n) is 8.81. The number of nitrogens with zero attached hydrogens (tertiary/aromatic N) is 4. The molecule has 0 aliphatic carbocycles. The van der Waals surface area contributed by atoms with E-state index in [2.05, 4.69) is 15.3 Å². The van der Waals surface area contributed by atoms with Crippen molar-refractivity contribution in [2.75, 3.05) is 0 Å². The molecule has 0 radical (unpaired) electrons. The third-order valence-electron chi connectivity index (χ3n) is 2.07. The minimum absolute atomic E-state index is 0.0488. The van der Waals surface area contributed by atoms with Crippen LogP contribution in [0.3, 0.4) is 0 Å². The van der Waals surface area contributed by atoms with Crippen LogP contribution in [0.4, 0.5) is 13.2 Å². The van der Waals surface area contributed by atoms with Crippen LogP contribution in [-0.2, 0) is 17.4 Å². The van der Waals surface area contributed by atoms with E-state index >= 15 is 0 Å². The smallest absolute Gasteiger partial charge is 0.453 e. The number of halogens is 3. The third kappa shape index (κ3) is 2.58. The van der Waals surface area contributed by atoms with Crippen LogP contribution in [0.2, 0.25) is 0 Å². The highest BCUT2D eigenvalue weighted by Crippen LogP contribution is 2.29. The first kappa shape index (κ1) is 12.7. The molecule has 10 heteroatoms. The first-order chi connectivity index (χ1) is 8.38. The largest absolute Gasteiger partial charge is 0.481 e. The zero-order chi connectivity index (χ0) is 13.3. The van der Waals surface area contributed by atoms with Crippen molar-refractivity contribution >= 4 is 22.3 Å². The van der Waals surface area contributed by atoms with Gasteiger partial charge in [0.05, 0.1) is 0 Å². The normalized spacial score (nSPS) is 12.2. The van der Waals surface area contributed by atoms with E-state index in [0.717, 1.165) is 11.3 Å². The fourth-order valence-electron chi connectivity index (χ4n) is 1.33. The van der Waals surface area contributed by atoms with E-state index in [1.165, 1.54) is 0 Å². The Hall–Kier alpha value is -1.71. The number of hydrogen-bond donors (Lipinski definition) is 1. The molecule has 0 bridgehead atoms. The van der Waals surface area contributed by atoms with E-state index in [4.69, 9.17) is 5.11 Å². The van der Waals surface area contributed by atoms with Crippen molar-refractivity contribution in [3.05, 3.63) is 10.8 Å². The number of carboxylic acid groups (broad SMARTS) is 1. The van der Waals surface area contributed by atoms with Gasteiger partial charge in [-0.25, -0.2) is 0 Å². The summed E-state index contributed by atoms with van der Waals surface area (Å²) in [5.41, 5.74) is 0. The van der Waals surface area contributed by atoms with Gasteiger partial charge in [0.2, 0.25) is 4.96 Å². The van der Waals surface area contributed by atoms with E-state index in [9.17, 15) is 18.0 Å². The first-order valence-electron chi connectivity index (χ1n) is 4.88. The second-order valence-corrected chi connectivity index (χ2v) is 4.50. The zero-order valence-corrected chi connectivity index (χ0v) is 9.62. The molecule has 2 aromatic heterocycles. The Morgan fingerprint density at radius 2 is 2.11 bits per heavy atom. The van der Waals surface area contributed by atoms with E-state index in [0.29, 0.717) is 22.4 Å². The number of rotatable bonds is 4. The molecule has 2 rings (SSSR count). The van der Waals surface area contributed by atoms with Gasteiger partial charge < -0.3 is 5.11 Å². The second kappa shape index (κ2) is 4.52. The molecule has 0 amide bonds. The van der Waals surface area contributed by atoms with Gasteiger partial charge in [0, 0.05) is 12.8 Å². The number of carbonyl (C=O) groups is 1. The van der Waals surface area contributed by atoms with Gasteiger partial charge >= 0.3 is 12.1 Å². The summed E-state index contributed by atoms with van der Waals surface area (Å²) in [6, 6.07) is 0. The van der Waals surface area contributed by atoms with Crippen LogP contribution in [0.15, 0.2) is 0 Å². The number of aromatic nitrogens is 4. The number of aryl methyl sites for hydroxylation is 1. The summed E-state index contributed by atoms with van der Waals surface area (Å²) in [6.07, 6.45) is -4.03. The maximum Gasteiger partial charge on any atom is 0.453 e. The van der Waals surface area contributed by atoms with Crippen molar-refractivity contribution in [1.82, 2.24) is 19.8 Å². The lowest BCUT2D eigenvalue weighted by Crippen LogP contribution is -2.11. The summed E-state index contributed by atoms with van der Waals surface area (Å²) in [4.78, 5) is 10.4. The van der Waals surface area contributed by atoms with Crippen molar-refractivity contribution in [2.24, 2.45) is 0 Å². The van der Waals surface area contributed by atoms with Gasteiger partial charge in [-0.15, -0.1) is 10.2 Å². The molecule has 0 aromatic carbocycles. The average molecular weight is 280 g/mol. The maximum absolute atomic E-state index is 12.5. The summed E-state index contributed by atoms with van der Waals surface area (Å²) >= 11 is 0.971. The molecule has 0 unspecified atom stereocenters. The number of fused-ring (bicyclic) bond motifs is 1. The lowest BCUT2D eigenvalue weighted by molar-refractivity contribution is -0.146. The Morgan fingerprint density at radius 3 is 2.72 bits per heavy atom. The predicted molar refractivity (Wildman–Crippen MR) is 54.2 cm³/mol. The van der Waals surface area contributed by atoms with Gasteiger partial charge in [-0.05, 0) is 6.42 Å². The molecule has 6 nitrogen and oxygen atoms in total. The molecule has 0 fully saturated rings. The average Bonchev–Trinajstić information content (AvgIpc) is 2.73. The van der Waals surface area contributed by atoms with Crippen molar-refractivity contribution in [1.29, 1.82) is 0 Å². The number of aliphatic carboxylic acids is 1. The fourth-order valence-corrected chi connectivity index (χ4v) is 2.20. The lowest BCUT2D eigenvalue weighted by Gasteiger charge is -2.00. The molecule has 0 saturated heterocycles. The summed E-state index contributed by atoms with van der Waals surface area (Å²) < 4.78 is 38.1. The monoisotopic (exact) mass is 280 g/mol. The first-order valence-corrected chi connectivity index (χ1v) is 5.69. The van der Waals surface area contributed by atoms with Crippen molar-refractivity contribution in [3.63, 3.8) is 0 Å². The van der Waals surface area contributed by atoms with Crippen LogP contribution in [0.5, 0.6) is 0 Å². The number of hydrogen-bond acceptors (Lipinski definition) is 5. The summed E-state index contributed by atoms with van der Waals surface area (Å²) in [6.45, 7) is 0. The molecule has 0 saturated carbocycles. The van der Waals surface area contributed by atoms with Crippen LogP contribution in [0.25, 0.3) is 4.96 Å². The topological polar surface area (TPSA) is 80.4 Å². The third-order valence-corrected chi connectivity index (χ3v) is 3.03. The molecular weight excluding hydrogens is 273 g/mol. The molecule has 98 valence electrons. The standard InChI is InChI=1S/C8H7F3N4O2S/c9-8(10,11)6-12-13-7-15(6)14-4(18-7)2-1-3-5(16)17/h1-3H2,(H,16,17). The van der Waals surface area contributed by atoms with Crippen molar-refractivity contribution in [3.8, 4) is 0 Å². The summed E-state index contributed by atoms with van der Waals surface area (Å²) in [5, 5.41) is 19.0. The van der Waals surface area contributed by atoms with E-state index in [-0.39, 0.29) is 11.4 Å². The number of carboxylic acids is 1. The minimum Gasteiger partial charge on any atom is -0.481 e. The van der Waals surface area contributed by atoms with Crippen molar-refractivity contribution in [2.45, 2.75) is 25.4 Å². The minimum atomic E-state index is -4.61. The van der Waals surface area contributed by atoms with Crippen LogP contribution in [0.1, 0.15) is 23.7 Å². The Morgan fingerprint density at radius 1 is 1.39 bits per heavy atom. The SMILES string of the molecule is O=C(O)CCCc1nn2c(C(F)(F)F)nnc2s1. The Bertz CT molecular complexity index is 576. The van der Waals surface area contributed by atoms with Gasteiger partial charge in [0.25, 0.3) is 5.82 Å². The van der Waals surface area contributed by atoms with Gasteiger partial charge in [0.1, 0.15) is 5.01 Å². The molecule has 0 aliphatic rings. The lowest BCUT2D eigenvalue weighted by atomic mass is 10.2. The molecule has 0 atom stereocenters. The van der Waals surface area contributed by atoms with Crippen LogP contribution in [0, 0.1) is 0 Å². The van der Waals surface area contributed by atoms with Gasteiger partial charge in [0.15, 0.2) is 0 Å². The van der Waals surface area contributed by atoms with Crippen LogP contribution >= 0.6 is 11.3 Å². The molecule has 0 aliphatic heterocycles. The number of alkyl halides is 3. The molecule has 18 heavy (non-hydrogen) atoms. The van der Waals surface area contributed by atoms with Gasteiger partial charge in [-0.1, -0.05) is 11.3 Å². The quantitative estimate of drug-likeness (QED) is 0.920. The Balaban J connectivity index is 2.18. The maximum atomic E-state index is 12.5. The summed E-state index contributed by atoms with van der Waals surface area (Å²) in [7, 11) is 0. The van der Waals surface area contributed by atoms with Crippen LogP contribution < -0.4 is 0 Å². The van der Waals surface area contributed by atoms with E-state index < -0.39 is 18.0 Å². The highest BCUT2D eigenvalue weighted by Gasteiger charge is 2.38. The highest BCUT2D eigenvalue weighted by molar-refractivity contribution is 7.16. The molecule has 0 spiro atoms. The van der Waals surface area contributed by atoms with E-state index in [1.807, 2.05) is 0 Å². The second-order valence-electron chi connectivity index (χ2n) is 3.46. The van der Waals surface area contributed by atoms with Crippen molar-refractivity contribution < 1.29 is 23.1 Å². The Kier molecular flexibility index (Phi) is 3.20. The highest BCUT2D eigenvalue weighted by atomic mass is 32.1. The van der Waals surface area contributed by atoms with E-state index in [1.54, 1.807) is 0 Å². The predicted octanol–water partition coefficient (Wildman–Crippen LogP) is 1.61. The Labute approximate surface area is 102 Å².